The molecule has 1 heterocycles. The summed E-state index contributed by atoms with van der Waals surface area (Å²) in [6.45, 7) is 0. The zero-order chi connectivity index (χ0) is 17.9. The zero-order valence-corrected chi connectivity index (χ0v) is 14.3. The van der Waals surface area contributed by atoms with Crippen LogP contribution in [0.1, 0.15) is 12.0 Å². The van der Waals surface area contributed by atoms with Crippen molar-refractivity contribution in [3.05, 3.63) is 78.5 Å². The van der Waals surface area contributed by atoms with Crippen molar-refractivity contribution < 1.29 is 4.79 Å². The molecule has 1 amide bonds. The van der Waals surface area contributed by atoms with Crippen molar-refractivity contribution >= 4 is 16.8 Å². The van der Waals surface area contributed by atoms with E-state index in [-0.39, 0.29) is 5.91 Å². The normalized spacial score (nSPS) is 10.9. The second-order valence-electron chi connectivity index (χ2n) is 6.34. The van der Waals surface area contributed by atoms with E-state index in [0.717, 1.165) is 38.7 Å². The van der Waals surface area contributed by atoms with Gasteiger partial charge in [-0.2, -0.15) is 5.10 Å². The molecule has 3 N–H and O–H groups in total. The molecular formula is C22H19N3O. The van der Waals surface area contributed by atoms with Gasteiger partial charge in [0.2, 0.25) is 5.91 Å². The Balaban J connectivity index is 1.85. The average Bonchev–Trinajstić information content (AvgIpc) is 3.16. The molecule has 0 bridgehead atoms. The van der Waals surface area contributed by atoms with E-state index in [0.29, 0.717) is 12.8 Å². The lowest BCUT2D eigenvalue weighted by Crippen LogP contribution is -2.11. The zero-order valence-electron chi connectivity index (χ0n) is 14.3. The van der Waals surface area contributed by atoms with Gasteiger partial charge in [0, 0.05) is 11.8 Å². The minimum absolute atomic E-state index is 0.289. The van der Waals surface area contributed by atoms with Crippen LogP contribution in [0.3, 0.4) is 0 Å². The summed E-state index contributed by atoms with van der Waals surface area (Å²) in [6, 6.07) is 22.7. The molecule has 4 aromatic rings. The molecule has 3 aromatic carbocycles. The second kappa shape index (κ2) is 6.84. The van der Waals surface area contributed by atoms with Crippen molar-refractivity contribution in [3.63, 3.8) is 0 Å². The van der Waals surface area contributed by atoms with Crippen LogP contribution in [0.15, 0.2) is 72.9 Å². The fourth-order valence-electron chi connectivity index (χ4n) is 3.33. The van der Waals surface area contributed by atoms with Crippen molar-refractivity contribution in [3.8, 4) is 22.3 Å². The summed E-state index contributed by atoms with van der Waals surface area (Å²) in [4.78, 5) is 11.4. The maximum Gasteiger partial charge on any atom is 0.217 e. The van der Waals surface area contributed by atoms with Crippen molar-refractivity contribution in [1.29, 1.82) is 0 Å². The van der Waals surface area contributed by atoms with Gasteiger partial charge in [-0.15, -0.1) is 0 Å². The van der Waals surface area contributed by atoms with Crippen LogP contribution >= 0.6 is 0 Å². The highest BCUT2D eigenvalue weighted by molar-refractivity contribution is 5.95. The van der Waals surface area contributed by atoms with Crippen molar-refractivity contribution in [1.82, 2.24) is 10.2 Å². The second-order valence-corrected chi connectivity index (χ2v) is 6.34. The van der Waals surface area contributed by atoms with Gasteiger partial charge in [0.25, 0.3) is 0 Å². The Morgan fingerprint density at radius 3 is 2.58 bits per heavy atom. The molecule has 0 atom stereocenters. The number of hydrogen-bond donors (Lipinski definition) is 2. The van der Waals surface area contributed by atoms with E-state index in [9.17, 15) is 4.79 Å². The van der Waals surface area contributed by atoms with Gasteiger partial charge in [-0.3, -0.25) is 9.89 Å². The smallest absolute Gasteiger partial charge is 0.217 e. The van der Waals surface area contributed by atoms with Crippen LogP contribution < -0.4 is 5.73 Å². The summed E-state index contributed by atoms with van der Waals surface area (Å²) in [6.07, 6.45) is 2.78. The van der Waals surface area contributed by atoms with Gasteiger partial charge in [-0.05, 0) is 40.3 Å². The first-order chi connectivity index (χ1) is 12.7. The van der Waals surface area contributed by atoms with Gasteiger partial charge < -0.3 is 5.73 Å². The molecule has 0 saturated carbocycles. The molecule has 0 spiro atoms. The molecule has 4 rings (SSSR count). The molecule has 0 unspecified atom stereocenters. The van der Waals surface area contributed by atoms with Crippen molar-refractivity contribution in [2.45, 2.75) is 12.8 Å². The van der Waals surface area contributed by atoms with E-state index in [1.165, 1.54) is 0 Å². The number of aromatic nitrogens is 2. The number of carbonyl (C=O) groups excluding carboxylic acids is 1. The number of aryl methyl sites for hydroxylation is 1. The Morgan fingerprint density at radius 2 is 1.77 bits per heavy atom. The summed E-state index contributed by atoms with van der Waals surface area (Å²) >= 11 is 0. The quantitative estimate of drug-likeness (QED) is 0.567. The number of nitrogens with one attached hydrogen (secondary N) is 1. The molecule has 0 aliphatic carbocycles. The predicted octanol–water partition coefficient (Wildman–Crippen LogP) is 4.31. The molecule has 26 heavy (non-hydrogen) atoms. The minimum atomic E-state index is -0.289. The number of nitrogens with two attached hydrogens (primary N) is 1. The number of fused-ring (bicyclic) bond motifs is 1. The third-order valence-electron chi connectivity index (χ3n) is 4.63. The maximum absolute atomic E-state index is 11.4. The van der Waals surface area contributed by atoms with E-state index in [2.05, 4.69) is 46.6 Å². The summed E-state index contributed by atoms with van der Waals surface area (Å²) in [5, 5.41) is 8.24. The molecule has 0 saturated heterocycles. The lowest BCUT2D eigenvalue weighted by atomic mass is 9.91. The van der Waals surface area contributed by atoms with E-state index in [1.54, 1.807) is 0 Å². The number of aromatic amines is 1. The fourth-order valence-corrected chi connectivity index (χ4v) is 3.33. The minimum Gasteiger partial charge on any atom is -0.370 e. The lowest BCUT2D eigenvalue weighted by Gasteiger charge is -2.13. The van der Waals surface area contributed by atoms with Crippen LogP contribution in [-0.4, -0.2) is 16.1 Å². The average molecular weight is 341 g/mol. The molecule has 4 heteroatoms. The topological polar surface area (TPSA) is 71.8 Å². The van der Waals surface area contributed by atoms with Crippen LogP contribution in [-0.2, 0) is 11.2 Å². The first-order valence-corrected chi connectivity index (χ1v) is 8.61. The largest absolute Gasteiger partial charge is 0.370 e. The van der Waals surface area contributed by atoms with E-state index < -0.39 is 0 Å². The van der Waals surface area contributed by atoms with E-state index in [4.69, 9.17) is 5.73 Å². The van der Waals surface area contributed by atoms with Crippen LogP contribution in [0.25, 0.3) is 33.2 Å². The summed E-state index contributed by atoms with van der Waals surface area (Å²) in [7, 11) is 0. The number of nitrogens with zero attached hydrogens (tertiary/aromatic N) is 1. The van der Waals surface area contributed by atoms with Gasteiger partial charge >= 0.3 is 0 Å². The van der Waals surface area contributed by atoms with Crippen LogP contribution in [0.2, 0.25) is 0 Å². The monoisotopic (exact) mass is 341 g/mol. The van der Waals surface area contributed by atoms with Gasteiger partial charge in [0.05, 0.1) is 11.7 Å². The molecule has 128 valence electrons. The third-order valence-corrected chi connectivity index (χ3v) is 4.63. The number of benzene rings is 3. The first kappa shape index (κ1) is 16.1. The van der Waals surface area contributed by atoms with Crippen LogP contribution in [0.5, 0.6) is 0 Å². The number of hydrogen-bond acceptors (Lipinski definition) is 2. The molecule has 0 radical (unpaired) electrons. The van der Waals surface area contributed by atoms with Crippen LogP contribution in [0.4, 0.5) is 0 Å². The highest BCUT2D eigenvalue weighted by Crippen LogP contribution is 2.33. The Hall–Kier alpha value is -3.40. The Bertz CT molecular complexity index is 1070. The Kier molecular flexibility index (Phi) is 4.23. The van der Waals surface area contributed by atoms with Crippen molar-refractivity contribution in [2.24, 2.45) is 5.73 Å². The fraction of sp³-hybridized carbons (Fsp3) is 0.0909. The van der Waals surface area contributed by atoms with E-state index >= 15 is 0 Å². The highest BCUT2D eigenvalue weighted by atomic mass is 16.1. The SMILES string of the molecule is NC(=O)CCc1cc(-c2ccccc2)ccc1-c1cccc2[nH]ncc12. The summed E-state index contributed by atoms with van der Waals surface area (Å²) in [5.74, 6) is -0.289. The van der Waals surface area contributed by atoms with Crippen molar-refractivity contribution in [2.75, 3.05) is 0 Å². The molecule has 0 aliphatic rings. The first-order valence-electron chi connectivity index (χ1n) is 8.61. The lowest BCUT2D eigenvalue weighted by molar-refractivity contribution is -0.117. The number of H-pyrrole nitrogens is 1. The maximum atomic E-state index is 11.4. The Labute approximate surface area is 151 Å². The molecular weight excluding hydrogens is 322 g/mol. The standard InChI is InChI=1S/C22H19N3O/c23-22(26)12-10-17-13-16(15-5-2-1-3-6-15)9-11-18(17)19-7-4-8-21-20(19)14-24-25-21/h1-9,11,13-14H,10,12H2,(H2,23,26)(H,24,25). The number of carbonyl (C=O) groups is 1. The number of rotatable bonds is 5. The number of amides is 1. The summed E-state index contributed by atoms with van der Waals surface area (Å²) in [5.41, 5.74) is 12.0. The van der Waals surface area contributed by atoms with Gasteiger partial charge in [0.15, 0.2) is 0 Å². The predicted molar refractivity (Wildman–Crippen MR) is 104 cm³/mol. The molecule has 0 aliphatic heterocycles. The van der Waals surface area contributed by atoms with Gasteiger partial charge in [-0.1, -0.05) is 60.7 Å². The summed E-state index contributed by atoms with van der Waals surface area (Å²) < 4.78 is 0. The highest BCUT2D eigenvalue weighted by Gasteiger charge is 2.12. The Morgan fingerprint density at radius 1 is 0.923 bits per heavy atom. The number of primary amides is 1. The van der Waals surface area contributed by atoms with Crippen LogP contribution in [0, 0.1) is 0 Å². The molecule has 4 nitrogen and oxygen atoms in total. The molecule has 1 aromatic heterocycles. The van der Waals surface area contributed by atoms with E-state index in [1.807, 2.05) is 36.5 Å². The third kappa shape index (κ3) is 3.09. The van der Waals surface area contributed by atoms with Gasteiger partial charge in [0.1, 0.15) is 0 Å². The molecule has 0 fully saturated rings. The van der Waals surface area contributed by atoms with Gasteiger partial charge in [-0.25, -0.2) is 0 Å².